The Bertz CT molecular complexity index is 1590. The maximum Gasteiger partial charge on any atom is 0.268 e. The van der Waals surface area contributed by atoms with Crippen molar-refractivity contribution in [2.75, 3.05) is 40.9 Å². The Kier molecular flexibility index (Phi) is 66.2. The van der Waals surface area contributed by atoms with Crippen molar-refractivity contribution in [2.45, 2.75) is 386 Å². The highest BCUT2D eigenvalue weighted by Crippen LogP contribution is 2.38. The molecule has 0 aliphatic heterocycles. The zero-order valence-electron chi connectivity index (χ0n) is 58.0. The number of hydrogen-bond acceptors (Lipinski definition) is 6. The maximum atomic E-state index is 13.1. The van der Waals surface area contributed by atoms with Gasteiger partial charge in [0, 0.05) is 6.42 Å². The third kappa shape index (κ3) is 69.7. The number of carbonyl (C=O) groups is 1. The molecule has 0 heterocycles. The minimum absolute atomic E-state index is 0.0142. The molecule has 0 spiro atoms. The van der Waals surface area contributed by atoms with Gasteiger partial charge in [0.25, 0.3) is 7.82 Å². The molecule has 3 atom stereocenters. The van der Waals surface area contributed by atoms with Gasteiger partial charge in [-0.25, -0.2) is 0 Å². The number of unbranched alkanes of at least 4 members (excludes halogenated alkanes) is 47. The number of aliphatic hydroxyl groups is 1. The molecule has 3 unspecified atom stereocenters. The summed E-state index contributed by atoms with van der Waals surface area (Å²) >= 11 is 0. The quantitative estimate of drug-likeness (QED) is 0.0272. The third-order valence-corrected chi connectivity index (χ3v) is 18.2. The van der Waals surface area contributed by atoms with Crippen LogP contribution in [0.5, 0.6) is 0 Å². The monoisotopic (exact) mass is 1230 g/mol. The molecule has 506 valence electrons. The fourth-order valence-electron chi connectivity index (χ4n) is 11.5. The van der Waals surface area contributed by atoms with E-state index in [1.807, 2.05) is 21.1 Å². The molecular formula is C77H147N2O6P. The zero-order chi connectivity index (χ0) is 62.6. The molecule has 0 saturated heterocycles. The number of carbonyl (C=O) groups excluding carboxylic acids is 1. The largest absolute Gasteiger partial charge is 0.756 e. The Hall–Kier alpha value is -1.80. The lowest BCUT2D eigenvalue weighted by molar-refractivity contribution is -0.870. The molecule has 0 aromatic carbocycles. The molecule has 86 heavy (non-hydrogen) atoms. The van der Waals surface area contributed by atoms with E-state index in [9.17, 15) is 19.4 Å². The van der Waals surface area contributed by atoms with Crippen molar-refractivity contribution in [1.29, 1.82) is 0 Å². The topological polar surface area (TPSA) is 108 Å². The molecule has 0 saturated carbocycles. The second-order valence-electron chi connectivity index (χ2n) is 27.0. The number of aliphatic hydroxyl groups excluding tert-OH is 1. The van der Waals surface area contributed by atoms with E-state index in [2.05, 4.69) is 79.9 Å². The van der Waals surface area contributed by atoms with Crippen LogP contribution in [0.2, 0.25) is 0 Å². The molecule has 0 rings (SSSR count). The maximum absolute atomic E-state index is 13.1. The van der Waals surface area contributed by atoms with E-state index < -0.39 is 20.0 Å². The number of phosphoric ester groups is 1. The van der Waals surface area contributed by atoms with Gasteiger partial charge in [-0.1, -0.05) is 370 Å². The minimum atomic E-state index is -4.58. The first-order valence-electron chi connectivity index (χ1n) is 37.6. The molecule has 0 bridgehead atoms. The van der Waals surface area contributed by atoms with Gasteiger partial charge in [-0.15, -0.1) is 0 Å². The van der Waals surface area contributed by atoms with Crippen molar-refractivity contribution in [1.82, 2.24) is 5.32 Å². The highest BCUT2D eigenvalue weighted by molar-refractivity contribution is 7.45. The van der Waals surface area contributed by atoms with Gasteiger partial charge >= 0.3 is 0 Å². The van der Waals surface area contributed by atoms with E-state index in [1.54, 1.807) is 0 Å². The number of nitrogens with one attached hydrogen (secondary N) is 1. The second kappa shape index (κ2) is 67.6. The summed E-state index contributed by atoms with van der Waals surface area (Å²) in [5.41, 5.74) is 0. The highest BCUT2D eigenvalue weighted by atomic mass is 31.2. The van der Waals surface area contributed by atoms with Gasteiger partial charge in [-0.3, -0.25) is 9.36 Å². The van der Waals surface area contributed by atoms with Crippen molar-refractivity contribution in [3.8, 4) is 0 Å². The standard InChI is InChI=1S/C77H147N2O6P/c1-6-8-10-12-14-16-18-20-22-24-26-28-30-31-32-33-34-35-36-37-38-39-40-41-42-43-44-45-46-47-49-51-53-55-57-59-61-63-65-67-69-71-77(81)78-75(74-85-86(82,83)84-73-72-79(3,4)5)76(80)70-68-66-64-62-60-58-56-54-52-50-48-29-27-25-23-21-19-17-15-13-11-9-7-2/h8,10,14,16,20,22,26,28,31-32,75-76,80H,6-7,9,11-13,15,17-19,21,23-25,27,29-30,33-74H2,1-5H3,(H-,78,81,82,83)/b10-8-,16-14-,22-20-,28-26-,32-31-. The van der Waals surface area contributed by atoms with Crippen LogP contribution in [0.3, 0.4) is 0 Å². The van der Waals surface area contributed by atoms with Gasteiger partial charge in [0.15, 0.2) is 0 Å². The molecule has 8 nitrogen and oxygen atoms in total. The van der Waals surface area contributed by atoms with Crippen LogP contribution in [0.4, 0.5) is 0 Å². The van der Waals surface area contributed by atoms with Gasteiger partial charge in [0.2, 0.25) is 5.91 Å². The highest BCUT2D eigenvalue weighted by Gasteiger charge is 2.24. The van der Waals surface area contributed by atoms with Gasteiger partial charge in [-0.05, 0) is 57.8 Å². The summed E-state index contributed by atoms with van der Waals surface area (Å²) in [4.78, 5) is 25.7. The SMILES string of the molecule is CC/C=C\C/C=C\C/C=C\C/C=C\C/C=C\CCCCCCCCCCCCCCCCCCCCCCCCCCCC(=O)NC(COP(=O)([O-])OCC[N+](C)(C)C)C(O)CCCCCCCCCCCCCCCCCCCCCCCCC. The van der Waals surface area contributed by atoms with E-state index in [0.29, 0.717) is 23.9 Å². The van der Waals surface area contributed by atoms with E-state index in [-0.39, 0.29) is 19.1 Å². The third-order valence-electron chi connectivity index (χ3n) is 17.3. The Labute approximate surface area is 536 Å². The van der Waals surface area contributed by atoms with Gasteiger partial charge in [0.05, 0.1) is 39.9 Å². The molecule has 0 aromatic rings. The number of phosphoric acid groups is 1. The first-order chi connectivity index (χ1) is 42.0. The molecule has 0 fully saturated rings. The summed E-state index contributed by atoms with van der Waals surface area (Å²) in [5, 5.41) is 14.1. The Morgan fingerprint density at radius 3 is 1.03 bits per heavy atom. The summed E-state index contributed by atoms with van der Waals surface area (Å²) in [6, 6.07) is -0.801. The van der Waals surface area contributed by atoms with Gasteiger partial charge < -0.3 is 28.8 Å². The molecule has 0 aliphatic carbocycles. The number of nitrogens with zero attached hydrogens (tertiary/aromatic N) is 1. The van der Waals surface area contributed by atoms with Crippen LogP contribution < -0.4 is 10.2 Å². The van der Waals surface area contributed by atoms with Crippen molar-refractivity contribution in [3.05, 3.63) is 60.8 Å². The number of allylic oxidation sites excluding steroid dienone is 10. The number of likely N-dealkylation sites (N-methyl/N-ethyl adjacent to an activating group) is 1. The van der Waals surface area contributed by atoms with E-state index in [4.69, 9.17) is 9.05 Å². The van der Waals surface area contributed by atoms with Crippen LogP contribution in [0.15, 0.2) is 60.8 Å². The van der Waals surface area contributed by atoms with Crippen molar-refractivity contribution < 1.29 is 32.9 Å². The number of rotatable bonds is 70. The molecular weight excluding hydrogens is 1080 g/mol. The molecule has 0 radical (unpaired) electrons. The van der Waals surface area contributed by atoms with Crippen LogP contribution in [0.1, 0.15) is 373 Å². The molecule has 1 amide bonds. The lowest BCUT2D eigenvalue weighted by atomic mass is 10.0. The fourth-order valence-corrected chi connectivity index (χ4v) is 12.2. The van der Waals surface area contributed by atoms with E-state index in [0.717, 1.165) is 70.6 Å². The second-order valence-corrected chi connectivity index (χ2v) is 28.4. The lowest BCUT2D eigenvalue weighted by Gasteiger charge is -2.30. The van der Waals surface area contributed by atoms with Crippen molar-refractivity contribution >= 4 is 13.7 Å². The van der Waals surface area contributed by atoms with Crippen LogP contribution in [0, 0.1) is 0 Å². The van der Waals surface area contributed by atoms with Gasteiger partial charge in [-0.2, -0.15) is 0 Å². The Morgan fingerprint density at radius 2 is 0.709 bits per heavy atom. The fraction of sp³-hybridized carbons (Fsp3) is 0.857. The number of hydrogen-bond donors (Lipinski definition) is 2. The molecule has 0 aliphatic rings. The predicted molar refractivity (Wildman–Crippen MR) is 376 cm³/mol. The minimum Gasteiger partial charge on any atom is -0.756 e. The van der Waals surface area contributed by atoms with Crippen LogP contribution >= 0.6 is 7.82 Å². The van der Waals surface area contributed by atoms with E-state index >= 15 is 0 Å². The Balaban J connectivity index is 3.90. The lowest BCUT2D eigenvalue weighted by Crippen LogP contribution is -2.46. The summed E-state index contributed by atoms with van der Waals surface area (Å²) in [5.74, 6) is -0.157. The van der Waals surface area contributed by atoms with Gasteiger partial charge in [0.1, 0.15) is 13.2 Å². The van der Waals surface area contributed by atoms with Crippen LogP contribution in [-0.4, -0.2) is 68.5 Å². The first kappa shape index (κ1) is 84.2. The predicted octanol–water partition coefficient (Wildman–Crippen LogP) is 23.7. The average molecular weight is 1230 g/mol. The summed E-state index contributed by atoms with van der Waals surface area (Å²) in [6.45, 7) is 4.66. The van der Waals surface area contributed by atoms with Crippen molar-refractivity contribution in [2.24, 2.45) is 0 Å². The number of amides is 1. The zero-order valence-corrected chi connectivity index (χ0v) is 58.9. The molecule has 9 heteroatoms. The van der Waals surface area contributed by atoms with Crippen LogP contribution in [-0.2, 0) is 18.4 Å². The summed E-state index contributed by atoms with van der Waals surface area (Å²) in [6.07, 6.45) is 93.2. The Morgan fingerprint density at radius 1 is 0.419 bits per heavy atom. The first-order valence-corrected chi connectivity index (χ1v) is 39.1. The van der Waals surface area contributed by atoms with E-state index in [1.165, 1.54) is 276 Å². The van der Waals surface area contributed by atoms with Crippen LogP contribution in [0.25, 0.3) is 0 Å². The normalized spacial score (nSPS) is 13.9. The number of quaternary nitrogens is 1. The smallest absolute Gasteiger partial charge is 0.268 e. The molecule has 0 aromatic heterocycles. The van der Waals surface area contributed by atoms with Crippen molar-refractivity contribution in [3.63, 3.8) is 0 Å². The average Bonchev–Trinajstić information content (AvgIpc) is 3.70. The summed E-state index contributed by atoms with van der Waals surface area (Å²) < 4.78 is 23.6. The molecule has 2 N–H and O–H groups in total. The summed E-state index contributed by atoms with van der Waals surface area (Å²) in [7, 11) is 1.32.